The topological polar surface area (TPSA) is 85.1 Å². The Balaban J connectivity index is 2.21. The lowest BCUT2D eigenvalue weighted by Crippen LogP contribution is -2.24. The highest BCUT2D eigenvalue weighted by Gasteiger charge is 2.17. The Morgan fingerprint density at radius 1 is 1.35 bits per heavy atom. The molecule has 0 radical (unpaired) electrons. The van der Waals surface area contributed by atoms with E-state index < -0.39 is 10.0 Å². The Hall–Kier alpha value is -1.28. The van der Waals surface area contributed by atoms with Crippen molar-refractivity contribution in [2.45, 2.75) is 31.8 Å². The Labute approximate surface area is 122 Å². The molecular weight excluding hydrogens is 294 g/mol. The number of thiazole rings is 1. The number of nitrogens with one attached hydrogen (secondary N) is 1. The molecule has 0 amide bonds. The van der Waals surface area contributed by atoms with Gasteiger partial charge < -0.3 is 5.73 Å². The molecule has 0 bridgehead atoms. The summed E-state index contributed by atoms with van der Waals surface area (Å²) in [5.74, 6) is 0. The van der Waals surface area contributed by atoms with Crippen LogP contribution in [0.5, 0.6) is 0 Å². The zero-order valence-electron chi connectivity index (χ0n) is 11.4. The molecule has 0 atom stereocenters. The maximum atomic E-state index is 12.3. The Kier molecular flexibility index (Phi) is 4.54. The van der Waals surface area contributed by atoms with Crippen LogP contribution in [-0.2, 0) is 23.1 Å². The van der Waals surface area contributed by atoms with Crippen molar-refractivity contribution in [3.05, 3.63) is 45.4 Å². The van der Waals surface area contributed by atoms with Crippen molar-refractivity contribution in [2.24, 2.45) is 5.73 Å². The lowest BCUT2D eigenvalue weighted by molar-refractivity contribution is 0.579. The molecule has 0 aliphatic carbocycles. The van der Waals surface area contributed by atoms with Crippen LogP contribution in [0.2, 0.25) is 0 Å². The van der Waals surface area contributed by atoms with Crippen LogP contribution in [0.25, 0.3) is 0 Å². The predicted octanol–water partition coefficient (Wildman–Crippen LogP) is 1.70. The first-order valence-electron chi connectivity index (χ1n) is 6.12. The Morgan fingerprint density at radius 3 is 2.70 bits per heavy atom. The zero-order valence-corrected chi connectivity index (χ0v) is 13.0. The minimum atomic E-state index is -3.55. The first-order chi connectivity index (χ1) is 9.42. The molecule has 0 fully saturated rings. The fraction of sp³-hybridized carbons (Fsp3) is 0.308. The van der Waals surface area contributed by atoms with Gasteiger partial charge in [-0.1, -0.05) is 12.1 Å². The smallest absolute Gasteiger partial charge is 0.241 e. The number of rotatable bonds is 5. The van der Waals surface area contributed by atoms with Crippen LogP contribution in [0.3, 0.4) is 0 Å². The number of hydrogen-bond donors (Lipinski definition) is 2. The number of nitrogens with zero attached hydrogens (tertiary/aromatic N) is 1. The number of hydrogen-bond acceptors (Lipinski definition) is 5. The molecule has 0 aliphatic rings. The first-order valence-corrected chi connectivity index (χ1v) is 8.49. The van der Waals surface area contributed by atoms with Crippen molar-refractivity contribution in [3.8, 4) is 0 Å². The number of benzene rings is 1. The highest BCUT2D eigenvalue weighted by molar-refractivity contribution is 7.89. The molecule has 2 rings (SSSR count). The molecule has 1 heterocycles. The lowest BCUT2D eigenvalue weighted by Gasteiger charge is -2.10. The third kappa shape index (κ3) is 3.43. The average molecular weight is 311 g/mol. The summed E-state index contributed by atoms with van der Waals surface area (Å²) in [5.41, 5.74) is 7.77. The fourth-order valence-electron chi connectivity index (χ4n) is 1.80. The molecule has 0 unspecified atom stereocenters. The molecule has 2 aromatic rings. The molecular formula is C13H17N3O2S2. The lowest BCUT2D eigenvalue weighted by atomic mass is 10.1. The van der Waals surface area contributed by atoms with Crippen LogP contribution < -0.4 is 10.5 Å². The molecule has 0 saturated carbocycles. The molecule has 1 aromatic carbocycles. The number of aromatic nitrogens is 1. The van der Waals surface area contributed by atoms with Crippen molar-refractivity contribution < 1.29 is 8.42 Å². The van der Waals surface area contributed by atoms with E-state index in [1.54, 1.807) is 19.1 Å². The molecule has 1 aromatic heterocycles. The Bertz CT molecular complexity index is 708. The van der Waals surface area contributed by atoms with Gasteiger partial charge in [-0.05, 0) is 31.0 Å². The predicted molar refractivity (Wildman–Crippen MR) is 79.9 cm³/mol. The summed E-state index contributed by atoms with van der Waals surface area (Å²) in [5, 5.41) is 2.77. The van der Waals surface area contributed by atoms with E-state index in [0.29, 0.717) is 12.1 Å². The summed E-state index contributed by atoms with van der Waals surface area (Å²) in [6.45, 7) is 4.16. The summed E-state index contributed by atoms with van der Waals surface area (Å²) in [6, 6.07) is 5.21. The Morgan fingerprint density at radius 2 is 2.10 bits per heavy atom. The molecule has 20 heavy (non-hydrogen) atoms. The molecule has 7 heteroatoms. The third-order valence-electron chi connectivity index (χ3n) is 2.89. The van der Waals surface area contributed by atoms with E-state index in [1.807, 2.05) is 18.4 Å². The van der Waals surface area contributed by atoms with E-state index in [4.69, 9.17) is 5.73 Å². The molecule has 0 aliphatic heterocycles. The molecule has 3 N–H and O–H groups in total. The van der Waals surface area contributed by atoms with Crippen LogP contribution in [0.15, 0.2) is 28.5 Å². The van der Waals surface area contributed by atoms with Crippen LogP contribution >= 0.6 is 11.3 Å². The van der Waals surface area contributed by atoms with Crippen molar-refractivity contribution in [1.82, 2.24) is 9.71 Å². The maximum absolute atomic E-state index is 12.3. The first kappa shape index (κ1) is 15.1. The second-order valence-corrected chi connectivity index (χ2v) is 7.28. The van der Waals surface area contributed by atoms with Gasteiger partial charge in [-0.25, -0.2) is 18.1 Å². The quantitative estimate of drug-likeness (QED) is 0.880. The van der Waals surface area contributed by atoms with E-state index in [1.165, 1.54) is 11.3 Å². The largest absolute Gasteiger partial charge is 0.326 e. The van der Waals surface area contributed by atoms with Crippen LogP contribution in [0, 0.1) is 13.8 Å². The summed E-state index contributed by atoms with van der Waals surface area (Å²) in [7, 11) is -3.55. The SMILES string of the molecule is Cc1nc(CNS(=O)(=O)c2cc(CN)ccc2C)cs1. The minimum Gasteiger partial charge on any atom is -0.326 e. The number of nitrogens with two attached hydrogens (primary N) is 1. The molecule has 0 spiro atoms. The average Bonchev–Trinajstić information content (AvgIpc) is 2.83. The maximum Gasteiger partial charge on any atom is 0.241 e. The normalized spacial score (nSPS) is 11.8. The number of sulfonamides is 1. The standard InChI is InChI=1S/C13H17N3O2S2/c1-9-3-4-11(6-14)5-13(9)20(17,18)15-7-12-8-19-10(2)16-12/h3-5,8,15H,6-7,14H2,1-2H3. The highest BCUT2D eigenvalue weighted by atomic mass is 32.2. The van der Waals surface area contributed by atoms with Gasteiger partial charge in [0, 0.05) is 11.9 Å². The van der Waals surface area contributed by atoms with E-state index in [2.05, 4.69) is 9.71 Å². The molecule has 108 valence electrons. The van der Waals surface area contributed by atoms with Gasteiger partial charge in [0.1, 0.15) is 0 Å². The van der Waals surface area contributed by atoms with Crippen molar-refractivity contribution in [1.29, 1.82) is 0 Å². The van der Waals surface area contributed by atoms with E-state index in [9.17, 15) is 8.42 Å². The minimum absolute atomic E-state index is 0.193. The van der Waals surface area contributed by atoms with Gasteiger partial charge in [0.25, 0.3) is 0 Å². The van der Waals surface area contributed by atoms with Crippen LogP contribution in [-0.4, -0.2) is 13.4 Å². The molecule has 5 nitrogen and oxygen atoms in total. The van der Waals surface area contributed by atoms with Gasteiger partial charge in [-0.15, -0.1) is 11.3 Å². The number of aryl methyl sites for hydroxylation is 2. The van der Waals surface area contributed by atoms with Gasteiger partial charge in [-0.2, -0.15) is 0 Å². The fourth-order valence-corrected chi connectivity index (χ4v) is 3.70. The monoisotopic (exact) mass is 311 g/mol. The summed E-state index contributed by atoms with van der Waals surface area (Å²) in [6.07, 6.45) is 0. The van der Waals surface area contributed by atoms with Crippen LogP contribution in [0.1, 0.15) is 21.8 Å². The van der Waals surface area contributed by atoms with Gasteiger partial charge in [0.15, 0.2) is 0 Å². The van der Waals surface area contributed by atoms with Crippen molar-refractivity contribution in [3.63, 3.8) is 0 Å². The van der Waals surface area contributed by atoms with Gasteiger partial charge >= 0.3 is 0 Å². The van der Waals surface area contributed by atoms with Gasteiger partial charge in [0.05, 0.1) is 22.1 Å². The third-order valence-corrected chi connectivity index (χ3v) is 5.25. The van der Waals surface area contributed by atoms with Crippen LogP contribution in [0.4, 0.5) is 0 Å². The van der Waals surface area contributed by atoms with Gasteiger partial charge in [0.2, 0.25) is 10.0 Å². The van der Waals surface area contributed by atoms with Crippen molar-refractivity contribution in [2.75, 3.05) is 0 Å². The molecule has 0 saturated heterocycles. The van der Waals surface area contributed by atoms with E-state index in [0.717, 1.165) is 16.3 Å². The van der Waals surface area contributed by atoms with Crippen molar-refractivity contribution >= 4 is 21.4 Å². The summed E-state index contributed by atoms with van der Waals surface area (Å²) in [4.78, 5) is 4.51. The zero-order chi connectivity index (χ0) is 14.8. The second kappa shape index (κ2) is 6.01. The van der Waals surface area contributed by atoms with Gasteiger partial charge in [-0.3, -0.25) is 0 Å². The summed E-state index contributed by atoms with van der Waals surface area (Å²) >= 11 is 1.50. The van der Waals surface area contributed by atoms with E-state index >= 15 is 0 Å². The second-order valence-electron chi connectivity index (χ2n) is 4.49. The summed E-state index contributed by atoms with van der Waals surface area (Å²) < 4.78 is 27.2. The highest BCUT2D eigenvalue weighted by Crippen LogP contribution is 2.17. The van der Waals surface area contributed by atoms with E-state index in [-0.39, 0.29) is 11.4 Å².